The van der Waals surface area contributed by atoms with E-state index >= 15 is 0 Å². The number of carbonyl (C=O) groups is 1. The molecule has 1 N–H and O–H groups in total. The van der Waals surface area contributed by atoms with Crippen molar-refractivity contribution in [1.82, 2.24) is 5.32 Å². The minimum absolute atomic E-state index is 0.325. The van der Waals surface area contributed by atoms with E-state index in [1.807, 2.05) is 12.1 Å². The van der Waals surface area contributed by atoms with Crippen molar-refractivity contribution in [2.45, 2.75) is 31.6 Å². The Labute approximate surface area is 130 Å². The van der Waals surface area contributed by atoms with Gasteiger partial charge in [0.15, 0.2) is 21.3 Å². The van der Waals surface area contributed by atoms with Gasteiger partial charge in [0.1, 0.15) is 5.25 Å². The lowest BCUT2D eigenvalue weighted by Crippen LogP contribution is -2.38. The van der Waals surface area contributed by atoms with E-state index in [0.29, 0.717) is 24.7 Å². The third-order valence-electron chi connectivity index (χ3n) is 3.64. The summed E-state index contributed by atoms with van der Waals surface area (Å²) in [6.07, 6.45) is 1.87. The van der Waals surface area contributed by atoms with Gasteiger partial charge >= 0.3 is 0 Å². The number of carbonyl (C=O) groups excluding carboxylic acids is 1. The van der Waals surface area contributed by atoms with E-state index in [0.717, 1.165) is 18.2 Å². The summed E-state index contributed by atoms with van der Waals surface area (Å²) in [5.41, 5.74) is 0.832. The number of nitrogens with one attached hydrogen (secondary N) is 1. The minimum Gasteiger partial charge on any atom is -0.490 e. The first-order chi connectivity index (χ1) is 10.3. The zero-order valence-corrected chi connectivity index (χ0v) is 13.8. The van der Waals surface area contributed by atoms with E-state index in [1.54, 1.807) is 13.0 Å². The predicted octanol–water partition coefficient (Wildman–Crippen LogP) is 1.46. The summed E-state index contributed by atoms with van der Waals surface area (Å²) in [6.45, 7) is 4.38. The molecule has 2 rings (SSSR count). The molecule has 2 atom stereocenters. The Morgan fingerprint density at radius 2 is 1.82 bits per heavy atom. The van der Waals surface area contributed by atoms with Crippen molar-refractivity contribution in [2.24, 2.45) is 0 Å². The van der Waals surface area contributed by atoms with Gasteiger partial charge in [-0.1, -0.05) is 6.07 Å². The third-order valence-corrected chi connectivity index (χ3v) is 5.14. The summed E-state index contributed by atoms with van der Waals surface area (Å²) in [7, 11) is -3.41. The maximum atomic E-state index is 12.0. The highest BCUT2D eigenvalue weighted by Gasteiger charge is 2.25. The third kappa shape index (κ3) is 3.91. The van der Waals surface area contributed by atoms with Crippen LogP contribution in [0.2, 0.25) is 0 Å². The Hall–Kier alpha value is -1.76. The molecule has 1 aliphatic heterocycles. The zero-order chi connectivity index (χ0) is 16.3. The van der Waals surface area contributed by atoms with Crippen LogP contribution in [0.4, 0.5) is 0 Å². The first-order valence-electron chi connectivity index (χ1n) is 7.18. The molecule has 0 aliphatic carbocycles. The van der Waals surface area contributed by atoms with E-state index in [4.69, 9.17) is 9.47 Å². The van der Waals surface area contributed by atoms with E-state index in [9.17, 15) is 13.2 Å². The first-order valence-corrected chi connectivity index (χ1v) is 9.13. The summed E-state index contributed by atoms with van der Waals surface area (Å²) >= 11 is 0. The number of sulfone groups is 1. The molecule has 6 nitrogen and oxygen atoms in total. The molecule has 0 radical (unpaired) electrons. The smallest absolute Gasteiger partial charge is 0.238 e. The highest BCUT2D eigenvalue weighted by atomic mass is 32.2. The molecule has 0 saturated heterocycles. The molecule has 0 spiro atoms. The molecule has 1 heterocycles. The van der Waals surface area contributed by atoms with Crippen LogP contribution in [0.1, 0.15) is 31.9 Å². The average molecular weight is 327 g/mol. The van der Waals surface area contributed by atoms with Gasteiger partial charge in [0.2, 0.25) is 5.91 Å². The molecule has 1 amide bonds. The van der Waals surface area contributed by atoms with Crippen molar-refractivity contribution in [2.75, 3.05) is 19.5 Å². The molecule has 7 heteroatoms. The fraction of sp³-hybridized carbons (Fsp3) is 0.533. The van der Waals surface area contributed by atoms with Gasteiger partial charge in [0, 0.05) is 12.7 Å². The number of hydrogen-bond donors (Lipinski definition) is 1. The number of fused-ring (bicyclic) bond motifs is 1. The van der Waals surface area contributed by atoms with Gasteiger partial charge in [0.05, 0.1) is 19.3 Å². The van der Waals surface area contributed by atoms with Crippen molar-refractivity contribution < 1.29 is 22.7 Å². The van der Waals surface area contributed by atoms with Gasteiger partial charge in [-0.05, 0) is 31.5 Å². The van der Waals surface area contributed by atoms with Crippen LogP contribution in [-0.2, 0) is 14.6 Å². The Kier molecular flexibility index (Phi) is 4.95. The van der Waals surface area contributed by atoms with Crippen molar-refractivity contribution >= 4 is 15.7 Å². The molecule has 0 aromatic heterocycles. The quantitative estimate of drug-likeness (QED) is 0.905. The lowest BCUT2D eigenvalue weighted by atomic mass is 10.1. The Morgan fingerprint density at radius 1 is 1.18 bits per heavy atom. The van der Waals surface area contributed by atoms with Crippen LogP contribution in [0.5, 0.6) is 11.5 Å². The second kappa shape index (κ2) is 6.56. The fourth-order valence-electron chi connectivity index (χ4n) is 2.06. The Balaban J connectivity index is 2.11. The lowest BCUT2D eigenvalue weighted by molar-refractivity contribution is -0.121. The molecule has 122 valence electrons. The SMILES string of the molecule is C[C@@H](NC(=O)[C@H](C)S(C)(=O)=O)c1ccc2c(c1)OCCCO2. The molecule has 1 aliphatic rings. The number of ether oxygens (including phenoxy) is 2. The molecule has 1 aromatic rings. The first kappa shape index (κ1) is 16.6. The highest BCUT2D eigenvalue weighted by Crippen LogP contribution is 2.32. The van der Waals surface area contributed by atoms with Crippen molar-refractivity contribution in [3.8, 4) is 11.5 Å². The van der Waals surface area contributed by atoms with Crippen LogP contribution in [0, 0.1) is 0 Å². The summed E-state index contributed by atoms with van der Waals surface area (Å²) < 4.78 is 34.0. The van der Waals surface area contributed by atoms with Gasteiger partial charge in [-0.2, -0.15) is 0 Å². The van der Waals surface area contributed by atoms with Gasteiger partial charge in [-0.15, -0.1) is 0 Å². The summed E-state index contributed by atoms with van der Waals surface area (Å²) in [5.74, 6) is 0.818. The molecule has 0 unspecified atom stereocenters. The van der Waals surface area contributed by atoms with E-state index in [1.165, 1.54) is 6.92 Å². The molecule has 1 aromatic carbocycles. The Morgan fingerprint density at radius 3 is 2.45 bits per heavy atom. The second-order valence-corrected chi connectivity index (χ2v) is 7.82. The number of benzene rings is 1. The standard InChI is InChI=1S/C15H21NO5S/c1-10(16-15(17)11(2)22(3,18)19)12-5-6-13-14(9-12)21-8-4-7-20-13/h5-6,9-11H,4,7-8H2,1-3H3,(H,16,17)/t10-,11+/m1/s1. The normalized spacial score (nSPS) is 17.2. The van der Waals surface area contributed by atoms with Gasteiger partial charge in [0.25, 0.3) is 0 Å². The van der Waals surface area contributed by atoms with Gasteiger partial charge in [-0.25, -0.2) is 8.42 Å². The number of hydrogen-bond acceptors (Lipinski definition) is 5. The molecular formula is C15H21NO5S. The molecule has 0 fully saturated rings. The minimum atomic E-state index is -3.41. The van der Waals surface area contributed by atoms with E-state index in [2.05, 4.69) is 5.32 Å². The predicted molar refractivity (Wildman–Crippen MR) is 82.9 cm³/mol. The molecule has 22 heavy (non-hydrogen) atoms. The van der Waals surface area contributed by atoms with Crippen LogP contribution >= 0.6 is 0 Å². The molecule has 0 saturated carbocycles. The summed E-state index contributed by atoms with van der Waals surface area (Å²) in [4.78, 5) is 12.0. The largest absolute Gasteiger partial charge is 0.490 e. The number of rotatable bonds is 4. The van der Waals surface area contributed by atoms with Crippen LogP contribution < -0.4 is 14.8 Å². The van der Waals surface area contributed by atoms with Gasteiger partial charge in [-0.3, -0.25) is 4.79 Å². The zero-order valence-electron chi connectivity index (χ0n) is 13.0. The van der Waals surface area contributed by atoms with E-state index in [-0.39, 0.29) is 6.04 Å². The highest BCUT2D eigenvalue weighted by molar-refractivity contribution is 7.92. The summed E-state index contributed by atoms with van der Waals surface area (Å²) in [5, 5.41) is 1.64. The van der Waals surface area contributed by atoms with Crippen LogP contribution in [-0.4, -0.2) is 39.0 Å². The number of amides is 1. The van der Waals surface area contributed by atoms with Crippen LogP contribution in [0.25, 0.3) is 0 Å². The maximum absolute atomic E-state index is 12.0. The van der Waals surface area contributed by atoms with Crippen LogP contribution in [0.15, 0.2) is 18.2 Å². The van der Waals surface area contributed by atoms with E-state index < -0.39 is 21.0 Å². The second-order valence-electron chi connectivity index (χ2n) is 5.46. The maximum Gasteiger partial charge on any atom is 0.238 e. The fourth-order valence-corrected chi connectivity index (χ4v) is 2.51. The topological polar surface area (TPSA) is 81.7 Å². The monoisotopic (exact) mass is 327 g/mol. The van der Waals surface area contributed by atoms with Crippen molar-refractivity contribution in [3.63, 3.8) is 0 Å². The van der Waals surface area contributed by atoms with Gasteiger partial charge < -0.3 is 14.8 Å². The summed E-state index contributed by atoms with van der Waals surface area (Å²) in [6, 6.07) is 5.13. The Bertz CT molecular complexity index is 656. The van der Waals surface area contributed by atoms with Crippen molar-refractivity contribution in [3.05, 3.63) is 23.8 Å². The molecular weight excluding hydrogens is 306 g/mol. The molecule has 0 bridgehead atoms. The van der Waals surface area contributed by atoms with Crippen molar-refractivity contribution in [1.29, 1.82) is 0 Å². The lowest BCUT2D eigenvalue weighted by Gasteiger charge is -2.18. The average Bonchev–Trinajstić information content (AvgIpc) is 2.69. The van der Waals surface area contributed by atoms with Crippen LogP contribution in [0.3, 0.4) is 0 Å².